The minimum Gasteiger partial charge on any atom is -0.382 e. The lowest BCUT2D eigenvalue weighted by molar-refractivity contribution is -0.143. The molecule has 0 saturated carbocycles. The van der Waals surface area contributed by atoms with Gasteiger partial charge in [0, 0.05) is 31.1 Å². The number of hydrogen-bond donors (Lipinski definition) is 2. The van der Waals surface area contributed by atoms with Gasteiger partial charge in [-0.05, 0) is 36.8 Å². The van der Waals surface area contributed by atoms with E-state index in [0.717, 1.165) is 10.4 Å². The maximum absolute atomic E-state index is 13.5. The van der Waals surface area contributed by atoms with Crippen LogP contribution in [-0.2, 0) is 25.7 Å². The van der Waals surface area contributed by atoms with Crippen LogP contribution in [0.1, 0.15) is 42.7 Å². The maximum Gasteiger partial charge on any atom is 0.247 e. The third kappa shape index (κ3) is 6.38. The normalized spacial score (nSPS) is 16.5. The van der Waals surface area contributed by atoms with Gasteiger partial charge in [0.25, 0.3) is 0 Å². The van der Waals surface area contributed by atoms with E-state index in [1.54, 1.807) is 4.90 Å². The van der Waals surface area contributed by atoms with Gasteiger partial charge < -0.3 is 20.3 Å². The van der Waals surface area contributed by atoms with Gasteiger partial charge >= 0.3 is 0 Å². The molecule has 1 saturated heterocycles. The molecule has 1 fully saturated rings. The second-order valence-corrected chi connectivity index (χ2v) is 8.39. The van der Waals surface area contributed by atoms with Gasteiger partial charge in [-0.2, -0.15) is 0 Å². The molecule has 1 aliphatic heterocycles. The molecule has 0 radical (unpaired) electrons. The van der Waals surface area contributed by atoms with Crippen LogP contribution in [0, 0.1) is 0 Å². The molecule has 0 bridgehead atoms. The first kappa shape index (κ1) is 23.0. The molecule has 2 atom stereocenters. The molecule has 3 rings (SSSR count). The second kappa shape index (κ2) is 11.6. The maximum atomic E-state index is 13.5. The van der Waals surface area contributed by atoms with E-state index in [2.05, 4.69) is 10.6 Å². The summed E-state index contributed by atoms with van der Waals surface area (Å²) in [5.41, 5.74) is 0.735. The Kier molecular flexibility index (Phi) is 8.61. The molecular weight excluding hydrogens is 414 g/mol. The molecule has 0 spiro atoms. The summed E-state index contributed by atoms with van der Waals surface area (Å²) >= 11 is 1.53. The topological polar surface area (TPSA) is 87.7 Å². The molecule has 2 aromatic rings. The van der Waals surface area contributed by atoms with Crippen molar-refractivity contribution in [2.24, 2.45) is 0 Å². The number of carbonyl (C=O) groups excluding carboxylic acids is 3. The van der Waals surface area contributed by atoms with Crippen molar-refractivity contribution in [1.29, 1.82) is 0 Å². The predicted octanol–water partition coefficient (Wildman–Crippen LogP) is 2.64. The first-order valence-corrected chi connectivity index (χ1v) is 11.5. The molecular formula is C23H29N3O4S. The van der Waals surface area contributed by atoms with Gasteiger partial charge in [0.1, 0.15) is 12.1 Å². The Balaban J connectivity index is 1.85. The fraction of sp³-hybridized carbons (Fsp3) is 0.435. The van der Waals surface area contributed by atoms with Crippen LogP contribution in [0.25, 0.3) is 0 Å². The number of carbonyl (C=O) groups is 3. The monoisotopic (exact) mass is 443 g/mol. The molecule has 2 unspecified atom stereocenters. The molecule has 1 aliphatic rings. The molecule has 8 heteroatoms. The molecule has 166 valence electrons. The van der Waals surface area contributed by atoms with E-state index in [-0.39, 0.29) is 17.7 Å². The highest BCUT2D eigenvalue weighted by atomic mass is 32.1. The van der Waals surface area contributed by atoms with Crippen LogP contribution in [0.5, 0.6) is 0 Å². The number of ether oxygens (including phenoxy) is 1. The Morgan fingerprint density at radius 1 is 1.26 bits per heavy atom. The van der Waals surface area contributed by atoms with E-state index in [0.29, 0.717) is 45.6 Å². The van der Waals surface area contributed by atoms with E-state index in [4.69, 9.17) is 4.74 Å². The van der Waals surface area contributed by atoms with Gasteiger partial charge in [-0.25, -0.2) is 0 Å². The number of thiophene rings is 1. The van der Waals surface area contributed by atoms with E-state index in [1.165, 1.54) is 11.3 Å². The zero-order chi connectivity index (χ0) is 22.1. The lowest BCUT2D eigenvalue weighted by atomic mass is 10.0. The Morgan fingerprint density at radius 2 is 2.06 bits per heavy atom. The van der Waals surface area contributed by atoms with Crippen molar-refractivity contribution in [3.05, 3.63) is 58.3 Å². The lowest BCUT2D eigenvalue weighted by Gasteiger charge is -2.33. The Labute approximate surface area is 186 Å². The predicted molar refractivity (Wildman–Crippen MR) is 119 cm³/mol. The highest BCUT2D eigenvalue weighted by Gasteiger charge is 2.37. The van der Waals surface area contributed by atoms with Crippen molar-refractivity contribution in [2.75, 3.05) is 19.8 Å². The number of hydrogen-bond acceptors (Lipinski definition) is 5. The quantitative estimate of drug-likeness (QED) is 0.523. The number of benzene rings is 1. The van der Waals surface area contributed by atoms with E-state index < -0.39 is 12.1 Å². The second-order valence-electron chi connectivity index (χ2n) is 7.36. The van der Waals surface area contributed by atoms with Crippen molar-refractivity contribution >= 4 is 29.1 Å². The fourth-order valence-corrected chi connectivity index (χ4v) is 4.30. The summed E-state index contributed by atoms with van der Waals surface area (Å²) in [6.07, 6.45) is 1.46. The van der Waals surface area contributed by atoms with Crippen molar-refractivity contribution < 1.29 is 19.1 Å². The Morgan fingerprint density at radius 3 is 2.71 bits per heavy atom. The molecule has 0 aliphatic carbocycles. The van der Waals surface area contributed by atoms with Gasteiger partial charge in [0.05, 0.1) is 6.54 Å². The molecule has 31 heavy (non-hydrogen) atoms. The van der Waals surface area contributed by atoms with Gasteiger partial charge in [-0.3, -0.25) is 14.4 Å². The number of nitrogens with zero attached hydrogens (tertiary/aromatic N) is 1. The van der Waals surface area contributed by atoms with Gasteiger partial charge in [0.2, 0.25) is 17.7 Å². The summed E-state index contributed by atoms with van der Waals surface area (Å²) in [5, 5.41) is 7.65. The summed E-state index contributed by atoms with van der Waals surface area (Å²) in [6, 6.07) is 11.8. The highest BCUT2D eigenvalue weighted by Crippen LogP contribution is 2.27. The minimum atomic E-state index is -0.791. The van der Waals surface area contributed by atoms with Crippen LogP contribution in [0.3, 0.4) is 0 Å². The van der Waals surface area contributed by atoms with E-state index >= 15 is 0 Å². The van der Waals surface area contributed by atoms with E-state index in [1.807, 2.05) is 54.8 Å². The van der Waals surface area contributed by atoms with Crippen LogP contribution in [0.4, 0.5) is 0 Å². The van der Waals surface area contributed by atoms with Crippen LogP contribution in [-0.4, -0.2) is 48.4 Å². The molecule has 2 N–H and O–H groups in total. The first-order chi connectivity index (χ1) is 15.1. The van der Waals surface area contributed by atoms with Crippen LogP contribution in [0.15, 0.2) is 47.8 Å². The summed E-state index contributed by atoms with van der Waals surface area (Å²) < 4.78 is 5.34. The number of nitrogens with one attached hydrogen (secondary N) is 2. The van der Waals surface area contributed by atoms with Crippen molar-refractivity contribution in [2.45, 2.75) is 44.8 Å². The zero-order valence-corrected chi connectivity index (χ0v) is 18.5. The summed E-state index contributed by atoms with van der Waals surface area (Å²) in [4.78, 5) is 41.1. The van der Waals surface area contributed by atoms with Crippen molar-refractivity contribution in [3.8, 4) is 0 Å². The van der Waals surface area contributed by atoms with Gasteiger partial charge in [-0.15, -0.1) is 11.3 Å². The largest absolute Gasteiger partial charge is 0.382 e. The van der Waals surface area contributed by atoms with Crippen LogP contribution < -0.4 is 10.6 Å². The zero-order valence-electron chi connectivity index (χ0n) is 17.7. The summed E-state index contributed by atoms with van der Waals surface area (Å²) in [6.45, 7) is 3.90. The summed E-state index contributed by atoms with van der Waals surface area (Å²) in [5.74, 6) is -0.611. The smallest absolute Gasteiger partial charge is 0.247 e. The highest BCUT2D eigenvalue weighted by molar-refractivity contribution is 7.09. The van der Waals surface area contributed by atoms with Crippen molar-refractivity contribution in [1.82, 2.24) is 15.5 Å². The first-order valence-electron chi connectivity index (χ1n) is 10.6. The molecule has 1 aromatic heterocycles. The van der Waals surface area contributed by atoms with E-state index in [9.17, 15) is 14.4 Å². The average molecular weight is 444 g/mol. The molecule has 2 heterocycles. The standard InChI is InChI=1S/C23H29N3O4S/c1-2-30-14-7-13-24-22(28)21(17-8-4-3-5-9-17)26(16-18-10-6-15-31-18)23(29)19-11-12-20(27)25-19/h3-6,8-10,15,19,21H,2,7,11-14,16H2,1H3,(H,24,28)(H,25,27). The fourth-order valence-electron chi connectivity index (χ4n) is 3.60. The average Bonchev–Trinajstić information content (AvgIpc) is 3.45. The van der Waals surface area contributed by atoms with Gasteiger partial charge in [-0.1, -0.05) is 36.4 Å². The molecule has 3 amide bonds. The number of amides is 3. The molecule has 7 nitrogen and oxygen atoms in total. The number of rotatable bonds is 11. The van der Waals surface area contributed by atoms with Crippen molar-refractivity contribution in [3.63, 3.8) is 0 Å². The Hall–Kier alpha value is -2.71. The Bertz CT molecular complexity index is 857. The lowest BCUT2D eigenvalue weighted by Crippen LogP contribution is -2.49. The third-order valence-corrected chi connectivity index (χ3v) is 5.99. The SMILES string of the molecule is CCOCCCNC(=O)C(c1ccccc1)N(Cc1cccs1)C(=O)C1CCC(=O)N1. The van der Waals surface area contributed by atoms with Crippen LogP contribution in [0.2, 0.25) is 0 Å². The van der Waals surface area contributed by atoms with Crippen LogP contribution >= 0.6 is 11.3 Å². The summed E-state index contributed by atoms with van der Waals surface area (Å²) in [7, 11) is 0. The minimum absolute atomic E-state index is 0.133. The molecule has 1 aromatic carbocycles. The third-order valence-electron chi connectivity index (χ3n) is 5.13. The van der Waals surface area contributed by atoms with Gasteiger partial charge in [0.15, 0.2) is 0 Å².